The average molecular weight is 403 g/mol. The molecule has 0 saturated heterocycles. The Bertz CT molecular complexity index is 955. The van der Waals surface area contributed by atoms with Crippen molar-refractivity contribution < 1.29 is 22.7 Å². The molecule has 0 aliphatic carbocycles. The van der Waals surface area contributed by atoms with Gasteiger partial charge in [-0.2, -0.15) is 13.2 Å². The maximum absolute atomic E-state index is 12.7. The van der Waals surface area contributed by atoms with E-state index < -0.39 is 12.7 Å². The van der Waals surface area contributed by atoms with Crippen LogP contribution < -0.4 is 4.74 Å². The van der Waals surface area contributed by atoms with Crippen LogP contribution in [0.1, 0.15) is 21.7 Å². The minimum absolute atomic E-state index is 0.0446. The lowest BCUT2D eigenvalue weighted by atomic mass is 10.2. The molecule has 0 aliphatic rings. The van der Waals surface area contributed by atoms with Crippen LogP contribution in [0.4, 0.5) is 13.2 Å². The molecule has 152 valence electrons. The van der Waals surface area contributed by atoms with E-state index in [0.29, 0.717) is 17.9 Å². The summed E-state index contributed by atoms with van der Waals surface area (Å²) in [5.41, 5.74) is 1.38. The molecular formula is C21H20F3N3O2. The quantitative estimate of drug-likeness (QED) is 0.591. The van der Waals surface area contributed by atoms with Crippen LogP contribution in [0.5, 0.6) is 5.75 Å². The second kappa shape index (κ2) is 8.81. The molecule has 2 aromatic carbocycles. The Morgan fingerprint density at radius 1 is 1.14 bits per heavy atom. The number of aromatic nitrogens is 2. The first-order valence-corrected chi connectivity index (χ1v) is 8.91. The van der Waals surface area contributed by atoms with Crippen molar-refractivity contribution in [3.8, 4) is 5.75 Å². The number of rotatable bonds is 7. The second-order valence-electron chi connectivity index (χ2n) is 6.55. The van der Waals surface area contributed by atoms with Gasteiger partial charge in [0, 0.05) is 25.0 Å². The number of carbonyl (C=O) groups is 1. The third-order valence-electron chi connectivity index (χ3n) is 4.21. The van der Waals surface area contributed by atoms with Gasteiger partial charge in [0.15, 0.2) is 0 Å². The molecule has 1 heterocycles. The first-order chi connectivity index (χ1) is 13.8. The summed E-state index contributed by atoms with van der Waals surface area (Å²) in [4.78, 5) is 18.0. The largest absolute Gasteiger partial charge is 0.489 e. The standard InChI is InChI=1S/C21H20F3N3O2/c1-26(13-19-25-10-11-27(19)15-21(22,23)24)20(28)17-8-5-9-18(12-17)29-14-16-6-3-2-4-7-16/h2-12H,13-15H2,1H3. The number of amides is 1. The number of hydrogen-bond donors (Lipinski definition) is 0. The summed E-state index contributed by atoms with van der Waals surface area (Å²) in [7, 11) is 1.52. The van der Waals surface area contributed by atoms with Crippen molar-refractivity contribution in [3.05, 3.63) is 83.9 Å². The van der Waals surface area contributed by atoms with Gasteiger partial charge in [-0.05, 0) is 23.8 Å². The topological polar surface area (TPSA) is 47.4 Å². The minimum Gasteiger partial charge on any atom is -0.489 e. The number of alkyl halides is 3. The van der Waals surface area contributed by atoms with E-state index >= 15 is 0 Å². The lowest BCUT2D eigenvalue weighted by Gasteiger charge is -2.19. The van der Waals surface area contributed by atoms with Gasteiger partial charge in [0.2, 0.25) is 0 Å². The summed E-state index contributed by atoms with van der Waals surface area (Å²) in [5, 5.41) is 0. The molecular weight excluding hydrogens is 383 g/mol. The number of carbonyl (C=O) groups excluding carboxylic acids is 1. The summed E-state index contributed by atoms with van der Waals surface area (Å²) >= 11 is 0. The van der Waals surface area contributed by atoms with Crippen molar-refractivity contribution >= 4 is 5.91 Å². The van der Waals surface area contributed by atoms with Gasteiger partial charge in [0.1, 0.15) is 24.7 Å². The van der Waals surface area contributed by atoms with Gasteiger partial charge >= 0.3 is 6.18 Å². The monoisotopic (exact) mass is 403 g/mol. The average Bonchev–Trinajstić information content (AvgIpc) is 3.11. The number of nitrogens with zero attached hydrogens (tertiary/aromatic N) is 3. The van der Waals surface area contributed by atoms with Gasteiger partial charge in [-0.15, -0.1) is 0 Å². The summed E-state index contributed by atoms with van der Waals surface area (Å²) < 4.78 is 44.7. The van der Waals surface area contributed by atoms with E-state index in [1.54, 1.807) is 24.3 Å². The number of halogens is 3. The Morgan fingerprint density at radius 2 is 1.90 bits per heavy atom. The molecule has 0 spiro atoms. The normalized spacial score (nSPS) is 11.3. The van der Waals surface area contributed by atoms with Gasteiger partial charge < -0.3 is 14.2 Å². The minimum atomic E-state index is -4.36. The van der Waals surface area contributed by atoms with Crippen molar-refractivity contribution in [1.29, 1.82) is 0 Å². The van der Waals surface area contributed by atoms with Gasteiger partial charge in [-0.25, -0.2) is 4.98 Å². The third-order valence-corrected chi connectivity index (χ3v) is 4.21. The highest BCUT2D eigenvalue weighted by Gasteiger charge is 2.29. The van der Waals surface area contributed by atoms with Crippen molar-refractivity contribution in [1.82, 2.24) is 14.5 Å². The van der Waals surface area contributed by atoms with E-state index in [1.807, 2.05) is 30.3 Å². The maximum atomic E-state index is 12.7. The predicted molar refractivity (Wildman–Crippen MR) is 101 cm³/mol. The molecule has 8 heteroatoms. The molecule has 1 aromatic heterocycles. The van der Waals surface area contributed by atoms with E-state index in [4.69, 9.17) is 4.74 Å². The number of imidazole rings is 1. The van der Waals surface area contributed by atoms with Crippen LogP contribution in [0.25, 0.3) is 0 Å². The molecule has 0 radical (unpaired) electrons. The van der Waals surface area contributed by atoms with Crippen LogP contribution in [-0.4, -0.2) is 33.6 Å². The maximum Gasteiger partial charge on any atom is 0.406 e. The molecule has 0 atom stereocenters. The van der Waals surface area contributed by atoms with Crippen LogP contribution in [-0.2, 0) is 19.7 Å². The smallest absolute Gasteiger partial charge is 0.406 e. The SMILES string of the molecule is CN(Cc1nccn1CC(F)(F)F)C(=O)c1cccc(OCc2ccccc2)c1. The molecule has 3 rings (SSSR count). The zero-order valence-corrected chi connectivity index (χ0v) is 15.8. The summed E-state index contributed by atoms with van der Waals surface area (Å²) in [6, 6.07) is 16.3. The van der Waals surface area contributed by atoms with E-state index in [2.05, 4.69) is 4.98 Å². The van der Waals surface area contributed by atoms with Crippen LogP contribution in [0.3, 0.4) is 0 Å². The zero-order chi connectivity index (χ0) is 20.9. The number of benzene rings is 2. The highest BCUT2D eigenvalue weighted by atomic mass is 19.4. The van der Waals surface area contributed by atoms with E-state index in [1.165, 1.54) is 24.3 Å². The molecule has 3 aromatic rings. The highest BCUT2D eigenvalue weighted by molar-refractivity contribution is 5.94. The molecule has 0 saturated carbocycles. The lowest BCUT2D eigenvalue weighted by molar-refractivity contribution is -0.141. The molecule has 1 amide bonds. The molecule has 0 unspecified atom stereocenters. The van der Waals surface area contributed by atoms with Crippen LogP contribution in [0.2, 0.25) is 0 Å². The van der Waals surface area contributed by atoms with Gasteiger partial charge in [0.05, 0.1) is 6.54 Å². The van der Waals surface area contributed by atoms with E-state index in [0.717, 1.165) is 10.1 Å². The fourth-order valence-corrected chi connectivity index (χ4v) is 2.79. The second-order valence-corrected chi connectivity index (χ2v) is 6.55. The fraction of sp³-hybridized carbons (Fsp3) is 0.238. The predicted octanol–water partition coefficient (Wildman–Crippen LogP) is 4.30. The molecule has 0 fully saturated rings. The first kappa shape index (κ1) is 20.4. The van der Waals surface area contributed by atoms with Crippen molar-refractivity contribution in [2.75, 3.05) is 7.05 Å². The molecule has 5 nitrogen and oxygen atoms in total. The Hall–Kier alpha value is -3.29. The van der Waals surface area contributed by atoms with E-state index in [9.17, 15) is 18.0 Å². The Balaban J connectivity index is 1.65. The fourth-order valence-electron chi connectivity index (χ4n) is 2.79. The van der Waals surface area contributed by atoms with Crippen LogP contribution in [0.15, 0.2) is 67.0 Å². The van der Waals surface area contributed by atoms with Gasteiger partial charge in [0.25, 0.3) is 5.91 Å². The highest BCUT2D eigenvalue weighted by Crippen LogP contribution is 2.20. The molecule has 0 N–H and O–H groups in total. The summed E-state index contributed by atoms with van der Waals surface area (Å²) in [6.45, 7) is -0.826. The lowest BCUT2D eigenvalue weighted by Crippen LogP contribution is -2.29. The van der Waals surface area contributed by atoms with E-state index in [-0.39, 0.29) is 18.3 Å². The Morgan fingerprint density at radius 3 is 2.62 bits per heavy atom. The molecule has 0 bridgehead atoms. The van der Waals surface area contributed by atoms with Gasteiger partial charge in [-0.3, -0.25) is 4.79 Å². The summed E-state index contributed by atoms with van der Waals surface area (Å²) in [6.07, 6.45) is -1.82. The number of hydrogen-bond acceptors (Lipinski definition) is 3. The van der Waals surface area contributed by atoms with Gasteiger partial charge in [-0.1, -0.05) is 36.4 Å². The third kappa shape index (κ3) is 5.84. The summed E-state index contributed by atoms with van der Waals surface area (Å²) in [5.74, 6) is 0.359. The van der Waals surface area contributed by atoms with Crippen molar-refractivity contribution in [2.24, 2.45) is 0 Å². The Kier molecular flexibility index (Phi) is 6.21. The number of ether oxygens (including phenoxy) is 1. The van der Waals surface area contributed by atoms with Crippen LogP contribution >= 0.6 is 0 Å². The first-order valence-electron chi connectivity index (χ1n) is 8.91. The van der Waals surface area contributed by atoms with Crippen LogP contribution in [0, 0.1) is 0 Å². The molecule has 0 aliphatic heterocycles. The van der Waals surface area contributed by atoms with Crippen molar-refractivity contribution in [2.45, 2.75) is 25.9 Å². The Labute approximate surface area is 166 Å². The van der Waals surface area contributed by atoms with Crippen molar-refractivity contribution in [3.63, 3.8) is 0 Å². The molecule has 29 heavy (non-hydrogen) atoms. The zero-order valence-electron chi connectivity index (χ0n) is 15.8.